The molecule has 2 aromatic carbocycles. The van der Waals surface area contributed by atoms with Crippen LogP contribution in [0.25, 0.3) is 11.6 Å². The van der Waals surface area contributed by atoms with E-state index in [4.69, 9.17) is 27.6 Å². The Kier molecular flexibility index (Phi) is 5.74. The number of fused-ring (bicyclic) bond motifs is 2. The van der Waals surface area contributed by atoms with Gasteiger partial charge in [0.25, 0.3) is 0 Å². The largest absolute Gasteiger partial charge is 0.393 e. The van der Waals surface area contributed by atoms with Gasteiger partial charge in [-0.15, -0.1) is 11.6 Å². The molecule has 0 saturated carbocycles. The standard InChI is InChI=1S/C25H28Cl2OSi2/c1-6-15-24(26)20-13-9-7-11-18(20)16-22(24)29-23-17(2)19-12-8-10-14-21(19)25(23,27)28-30(3,4)5/h7-14,16H,6,15H2,1-5H3. The summed E-state index contributed by atoms with van der Waals surface area (Å²) in [4.78, 5) is -0.469. The summed E-state index contributed by atoms with van der Waals surface area (Å²) in [5, 5.41) is 1.50. The van der Waals surface area contributed by atoms with E-state index in [-0.39, 0.29) is 0 Å². The van der Waals surface area contributed by atoms with Crippen LogP contribution in [0.3, 0.4) is 0 Å². The van der Waals surface area contributed by atoms with Crippen molar-refractivity contribution in [2.75, 3.05) is 0 Å². The predicted molar refractivity (Wildman–Crippen MR) is 134 cm³/mol. The van der Waals surface area contributed by atoms with E-state index in [2.05, 4.69) is 88.1 Å². The lowest BCUT2D eigenvalue weighted by molar-refractivity contribution is 0.200. The van der Waals surface area contributed by atoms with E-state index in [1.165, 1.54) is 27.5 Å². The summed E-state index contributed by atoms with van der Waals surface area (Å²) in [7, 11) is -1.53. The van der Waals surface area contributed by atoms with Crippen LogP contribution < -0.4 is 0 Å². The zero-order valence-corrected chi connectivity index (χ0v) is 21.8. The second-order valence-corrected chi connectivity index (χ2v) is 16.1. The Morgan fingerprint density at radius 1 is 0.967 bits per heavy atom. The lowest BCUT2D eigenvalue weighted by Gasteiger charge is -2.36. The first-order valence-electron chi connectivity index (χ1n) is 10.6. The summed E-state index contributed by atoms with van der Waals surface area (Å²) < 4.78 is 6.69. The maximum Gasteiger partial charge on any atom is 0.186 e. The lowest BCUT2D eigenvalue weighted by atomic mass is 9.95. The molecule has 2 unspecified atom stereocenters. The Hall–Kier alpha value is -1.11. The highest BCUT2D eigenvalue weighted by atomic mass is 35.5. The van der Waals surface area contributed by atoms with Crippen LogP contribution >= 0.6 is 23.2 Å². The predicted octanol–water partition coefficient (Wildman–Crippen LogP) is 7.67. The quantitative estimate of drug-likeness (QED) is 0.310. The molecule has 0 aliphatic heterocycles. The van der Waals surface area contributed by atoms with E-state index >= 15 is 0 Å². The molecule has 1 nitrogen and oxygen atoms in total. The first-order valence-corrected chi connectivity index (χ1v) is 15.7. The van der Waals surface area contributed by atoms with Gasteiger partial charge in [0, 0.05) is 5.56 Å². The molecule has 0 fully saturated rings. The van der Waals surface area contributed by atoms with Gasteiger partial charge in [-0.2, -0.15) is 0 Å². The maximum atomic E-state index is 7.40. The Labute approximate surface area is 194 Å². The summed E-state index contributed by atoms with van der Waals surface area (Å²) in [6, 6.07) is 16.9. The Bertz CT molecular complexity index is 1050. The van der Waals surface area contributed by atoms with Gasteiger partial charge in [0.05, 0.1) is 4.87 Å². The molecule has 2 atom stereocenters. The second-order valence-electron chi connectivity index (χ2n) is 9.18. The molecule has 0 aromatic heterocycles. The van der Waals surface area contributed by atoms with Gasteiger partial charge in [-0.3, -0.25) is 0 Å². The van der Waals surface area contributed by atoms with Gasteiger partial charge in [-0.1, -0.05) is 84.7 Å². The van der Waals surface area contributed by atoms with E-state index in [0.717, 1.165) is 23.6 Å². The number of hydrogen-bond acceptors (Lipinski definition) is 1. The van der Waals surface area contributed by atoms with E-state index in [0.29, 0.717) is 9.52 Å². The van der Waals surface area contributed by atoms with Crippen LogP contribution in [0.5, 0.6) is 0 Å². The summed E-state index contributed by atoms with van der Waals surface area (Å²) in [6.45, 7) is 11.0. The minimum atomic E-state index is -1.92. The van der Waals surface area contributed by atoms with Crippen LogP contribution in [0.15, 0.2) is 58.9 Å². The normalized spacial score (nSPS) is 25.4. The second kappa shape index (κ2) is 7.79. The summed E-state index contributed by atoms with van der Waals surface area (Å²) in [5.74, 6) is 0. The van der Waals surface area contributed by atoms with Gasteiger partial charge < -0.3 is 4.43 Å². The molecule has 2 aromatic rings. The zero-order chi connectivity index (χ0) is 21.7. The van der Waals surface area contributed by atoms with E-state index in [1.807, 2.05) is 0 Å². The van der Waals surface area contributed by atoms with Gasteiger partial charge in [-0.25, -0.2) is 0 Å². The summed E-state index contributed by atoms with van der Waals surface area (Å²) in [5.41, 5.74) is 5.94. The number of halogens is 2. The van der Waals surface area contributed by atoms with Crippen molar-refractivity contribution in [3.05, 3.63) is 81.2 Å². The third-order valence-corrected chi connectivity index (χ3v) is 10.0. The molecule has 5 heteroatoms. The molecule has 30 heavy (non-hydrogen) atoms. The van der Waals surface area contributed by atoms with Crippen LogP contribution in [0, 0.1) is 0 Å². The van der Waals surface area contributed by atoms with Crippen LogP contribution in [-0.2, 0) is 14.4 Å². The Morgan fingerprint density at radius 3 is 2.27 bits per heavy atom. The van der Waals surface area contributed by atoms with Gasteiger partial charge in [0.15, 0.2) is 13.4 Å². The molecule has 0 amide bonds. The molecule has 0 spiro atoms. The van der Waals surface area contributed by atoms with Crippen molar-refractivity contribution in [2.24, 2.45) is 0 Å². The molecule has 0 N–H and O–H groups in total. The van der Waals surface area contributed by atoms with E-state index in [1.54, 1.807) is 0 Å². The number of alkyl halides is 2. The SMILES string of the molecule is CCCC1(Cl)C([Si]C2=C(C)c3ccccc3C2(Cl)O[Si](C)(C)C)=Cc2ccccc21. The third-order valence-electron chi connectivity index (χ3n) is 5.79. The molecule has 156 valence electrons. The smallest absolute Gasteiger partial charge is 0.186 e. The minimum Gasteiger partial charge on any atom is -0.393 e. The molecule has 0 heterocycles. The van der Waals surface area contributed by atoms with Crippen molar-refractivity contribution in [2.45, 2.75) is 56.3 Å². The first-order chi connectivity index (χ1) is 14.1. The molecule has 0 saturated heterocycles. The maximum absolute atomic E-state index is 7.40. The number of allylic oxidation sites excluding steroid dienone is 2. The highest BCUT2D eigenvalue weighted by Gasteiger charge is 2.48. The van der Waals surface area contributed by atoms with Crippen molar-refractivity contribution >= 4 is 52.7 Å². The fourth-order valence-electron chi connectivity index (χ4n) is 4.59. The van der Waals surface area contributed by atoms with Crippen LogP contribution in [0.1, 0.15) is 48.9 Å². The van der Waals surface area contributed by atoms with Gasteiger partial charge in [0.1, 0.15) is 9.52 Å². The number of hydrogen-bond donors (Lipinski definition) is 0. The van der Waals surface area contributed by atoms with Crippen molar-refractivity contribution in [1.29, 1.82) is 0 Å². The third kappa shape index (κ3) is 3.59. The van der Waals surface area contributed by atoms with Gasteiger partial charge >= 0.3 is 0 Å². The van der Waals surface area contributed by atoms with Crippen LogP contribution in [0.2, 0.25) is 19.6 Å². The van der Waals surface area contributed by atoms with Crippen molar-refractivity contribution in [3.8, 4) is 0 Å². The lowest BCUT2D eigenvalue weighted by Crippen LogP contribution is -2.39. The molecule has 0 bridgehead atoms. The number of benzene rings is 2. The van der Waals surface area contributed by atoms with Crippen molar-refractivity contribution in [3.63, 3.8) is 0 Å². The Morgan fingerprint density at radius 2 is 1.60 bits per heavy atom. The first kappa shape index (κ1) is 22.1. The highest BCUT2D eigenvalue weighted by molar-refractivity contribution is 6.71. The minimum absolute atomic E-state index is 0.385. The molecule has 2 aliphatic carbocycles. The number of rotatable bonds is 6. The topological polar surface area (TPSA) is 9.23 Å². The van der Waals surface area contributed by atoms with Crippen LogP contribution in [0.4, 0.5) is 0 Å². The van der Waals surface area contributed by atoms with Gasteiger partial charge in [-0.05, 0) is 60.4 Å². The molecular formula is C25H28Cl2OSi2. The molecule has 2 aliphatic rings. The average molecular weight is 472 g/mol. The summed E-state index contributed by atoms with van der Waals surface area (Å²) in [6.07, 6.45) is 4.22. The van der Waals surface area contributed by atoms with Crippen molar-refractivity contribution in [1.82, 2.24) is 0 Å². The zero-order valence-electron chi connectivity index (χ0n) is 18.3. The van der Waals surface area contributed by atoms with Crippen LogP contribution in [-0.4, -0.2) is 17.8 Å². The molecular weight excluding hydrogens is 443 g/mol. The van der Waals surface area contributed by atoms with E-state index in [9.17, 15) is 0 Å². The molecule has 2 radical (unpaired) electrons. The fraction of sp³-hybridized carbons (Fsp3) is 0.360. The Balaban J connectivity index is 1.81. The fourth-order valence-corrected chi connectivity index (χ4v) is 9.07. The van der Waals surface area contributed by atoms with Gasteiger partial charge in [0.2, 0.25) is 0 Å². The monoisotopic (exact) mass is 470 g/mol. The summed E-state index contributed by atoms with van der Waals surface area (Å²) >= 11 is 14.8. The molecule has 4 rings (SSSR count). The average Bonchev–Trinajstić information content (AvgIpc) is 3.06. The highest BCUT2D eigenvalue weighted by Crippen LogP contribution is 2.54. The van der Waals surface area contributed by atoms with Crippen molar-refractivity contribution < 1.29 is 4.43 Å². The van der Waals surface area contributed by atoms with E-state index < -0.39 is 18.3 Å².